The largest absolute Gasteiger partial charge is 0.496 e. The number of benzene rings is 2. The molecule has 8 nitrogen and oxygen atoms in total. The Hall–Kier alpha value is -3.78. The maximum Gasteiger partial charge on any atom is 0.352 e. The predicted molar refractivity (Wildman–Crippen MR) is 117 cm³/mol. The number of carbonyl (C=O) groups is 2. The molecule has 158 valence electrons. The summed E-state index contributed by atoms with van der Waals surface area (Å²) in [6.07, 6.45) is 2.93. The summed E-state index contributed by atoms with van der Waals surface area (Å²) in [7, 11) is 1.54. The zero-order valence-corrected chi connectivity index (χ0v) is 17.5. The van der Waals surface area contributed by atoms with Crippen molar-refractivity contribution in [1.82, 2.24) is 9.78 Å². The van der Waals surface area contributed by atoms with Gasteiger partial charge in [0.25, 0.3) is 5.91 Å². The third kappa shape index (κ3) is 3.85. The predicted octanol–water partition coefficient (Wildman–Crippen LogP) is 4.09. The van der Waals surface area contributed by atoms with Crippen LogP contribution >= 0.6 is 11.6 Å². The number of nitrogens with zero attached hydrogens (tertiary/aromatic N) is 2. The van der Waals surface area contributed by atoms with Gasteiger partial charge in [0.05, 0.1) is 13.3 Å². The highest BCUT2D eigenvalue weighted by Gasteiger charge is 2.30. The fourth-order valence-corrected chi connectivity index (χ4v) is 3.57. The summed E-state index contributed by atoms with van der Waals surface area (Å²) >= 11 is 6.14. The normalized spacial score (nSPS) is 14.8. The molecule has 0 spiro atoms. The highest BCUT2D eigenvalue weighted by atomic mass is 35.5. The van der Waals surface area contributed by atoms with Gasteiger partial charge in [0, 0.05) is 16.3 Å². The zero-order chi connectivity index (χ0) is 22.1. The summed E-state index contributed by atoms with van der Waals surface area (Å²) in [4.78, 5) is 24.7. The van der Waals surface area contributed by atoms with Gasteiger partial charge in [0.1, 0.15) is 28.9 Å². The van der Waals surface area contributed by atoms with Gasteiger partial charge in [0.2, 0.25) is 0 Å². The number of para-hydroxylation sites is 1. The fraction of sp³-hybridized carbons (Fsp3) is 0.136. The van der Waals surface area contributed by atoms with Crippen LogP contribution in [0.4, 0.5) is 11.5 Å². The topological polar surface area (TPSA) is 105 Å². The van der Waals surface area contributed by atoms with Crippen molar-refractivity contribution < 1.29 is 19.4 Å². The van der Waals surface area contributed by atoms with Crippen molar-refractivity contribution in [3.05, 3.63) is 82.1 Å². The molecule has 2 aromatic carbocycles. The van der Waals surface area contributed by atoms with Gasteiger partial charge >= 0.3 is 5.97 Å². The second kappa shape index (κ2) is 8.16. The number of nitrogens with one attached hydrogen (secondary N) is 2. The van der Waals surface area contributed by atoms with E-state index in [9.17, 15) is 14.7 Å². The summed E-state index contributed by atoms with van der Waals surface area (Å²) < 4.78 is 6.99. The van der Waals surface area contributed by atoms with E-state index in [0.29, 0.717) is 22.0 Å². The number of hydrogen-bond acceptors (Lipinski definition) is 5. The number of carboxylic acids is 1. The Bertz CT molecular complexity index is 1220. The molecular formula is C22H19ClN4O4. The summed E-state index contributed by atoms with van der Waals surface area (Å²) in [5, 5.41) is 20.1. The van der Waals surface area contributed by atoms with Gasteiger partial charge in [-0.05, 0) is 36.8 Å². The SMILES string of the molecule is COc1ccccc1[C@@H]1C=C(C(=O)O)Nc2c(C(=O)Nc3ccc(C)c(Cl)c3)cnn21. The van der Waals surface area contributed by atoms with E-state index < -0.39 is 17.9 Å². The van der Waals surface area contributed by atoms with Crippen LogP contribution < -0.4 is 15.4 Å². The van der Waals surface area contributed by atoms with E-state index in [4.69, 9.17) is 16.3 Å². The lowest BCUT2D eigenvalue weighted by atomic mass is 10.0. The number of hydrogen-bond donors (Lipinski definition) is 3. The number of halogens is 1. The van der Waals surface area contributed by atoms with Gasteiger partial charge in [-0.3, -0.25) is 4.79 Å². The number of allylic oxidation sites excluding steroid dienone is 1. The molecule has 0 fully saturated rings. The molecule has 1 aliphatic heterocycles. The van der Waals surface area contributed by atoms with Crippen molar-refractivity contribution in [2.45, 2.75) is 13.0 Å². The highest BCUT2D eigenvalue weighted by molar-refractivity contribution is 6.31. The van der Waals surface area contributed by atoms with E-state index in [2.05, 4.69) is 15.7 Å². The van der Waals surface area contributed by atoms with Crippen LogP contribution in [0.3, 0.4) is 0 Å². The number of ether oxygens (including phenoxy) is 1. The van der Waals surface area contributed by atoms with Gasteiger partial charge in [-0.1, -0.05) is 35.9 Å². The molecule has 0 bridgehead atoms. The Kier molecular flexibility index (Phi) is 5.39. The minimum Gasteiger partial charge on any atom is -0.496 e. The van der Waals surface area contributed by atoms with Crippen LogP contribution in [0, 0.1) is 6.92 Å². The van der Waals surface area contributed by atoms with Crippen LogP contribution in [-0.2, 0) is 4.79 Å². The van der Waals surface area contributed by atoms with E-state index in [0.717, 1.165) is 5.56 Å². The molecule has 1 aromatic heterocycles. The number of carbonyl (C=O) groups excluding carboxylic acids is 1. The van der Waals surface area contributed by atoms with E-state index in [-0.39, 0.29) is 17.1 Å². The molecule has 0 unspecified atom stereocenters. The van der Waals surface area contributed by atoms with Gasteiger partial charge < -0.3 is 20.5 Å². The molecule has 1 aliphatic rings. The summed E-state index contributed by atoms with van der Waals surface area (Å²) in [6, 6.07) is 11.9. The minimum absolute atomic E-state index is 0.0589. The number of aliphatic carboxylic acids is 1. The molecule has 1 atom stereocenters. The first kappa shape index (κ1) is 20.5. The van der Waals surface area contributed by atoms with Crippen molar-refractivity contribution in [3.8, 4) is 5.75 Å². The van der Waals surface area contributed by atoms with Crippen LogP contribution in [-0.4, -0.2) is 33.9 Å². The first-order valence-electron chi connectivity index (χ1n) is 9.39. The van der Waals surface area contributed by atoms with Crippen LogP contribution in [0.15, 0.2) is 60.4 Å². The molecule has 9 heteroatoms. The van der Waals surface area contributed by atoms with Crippen molar-refractivity contribution in [1.29, 1.82) is 0 Å². The molecule has 3 aromatic rings. The van der Waals surface area contributed by atoms with Crippen LogP contribution in [0.25, 0.3) is 0 Å². The number of rotatable bonds is 5. The lowest BCUT2D eigenvalue weighted by molar-refractivity contribution is -0.132. The van der Waals surface area contributed by atoms with E-state index in [1.165, 1.54) is 19.4 Å². The van der Waals surface area contributed by atoms with E-state index >= 15 is 0 Å². The first-order valence-corrected chi connectivity index (χ1v) is 9.77. The lowest BCUT2D eigenvalue weighted by Gasteiger charge is -2.25. The van der Waals surface area contributed by atoms with Gasteiger partial charge in [-0.15, -0.1) is 0 Å². The number of fused-ring (bicyclic) bond motifs is 1. The number of anilines is 2. The molecule has 4 rings (SSSR count). The molecule has 0 saturated heterocycles. The second-order valence-electron chi connectivity index (χ2n) is 6.97. The number of aryl methyl sites for hydroxylation is 1. The second-order valence-corrected chi connectivity index (χ2v) is 7.37. The maximum absolute atomic E-state index is 12.9. The Morgan fingerprint density at radius 2 is 2.03 bits per heavy atom. The minimum atomic E-state index is -1.15. The standard InChI is InChI=1S/C22H19ClN4O4/c1-12-7-8-13(9-16(12)23)25-21(28)15-11-24-27-18(10-17(22(29)30)26-20(15)27)14-5-3-4-6-19(14)31-2/h3-11,18,26H,1-2H3,(H,25,28)(H,29,30)/t18-/m0/s1. The van der Waals surface area contributed by atoms with Crippen molar-refractivity contribution in [2.75, 3.05) is 17.7 Å². The Morgan fingerprint density at radius 3 is 2.74 bits per heavy atom. The molecule has 0 aliphatic carbocycles. The average Bonchev–Trinajstić information content (AvgIpc) is 3.20. The number of methoxy groups -OCH3 is 1. The third-order valence-electron chi connectivity index (χ3n) is 5.00. The van der Waals surface area contributed by atoms with Crippen LogP contribution in [0.2, 0.25) is 5.02 Å². The molecule has 0 radical (unpaired) electrons. The zero-order valence-electron chi connectivity index (χ0n) is 16.7. The van der Waals surface area contributed by atoms with Crippen molar-refractivity contribution in [2.24, 2.45) is 0 Å². The monoisotopic (exact) mass is 438 g/mol. The Balaban J connectivity index is 1.74. The summed E-state index contributed by atoms with van der Waals surface area (Å²) in [5.74, 6) is -0.744. The maximum atomic E-state index is 12.9. The van der Waals surface area contributed by atoms with E-state index in [1.807, 2.05) is 25.1 Å². The summed E-state index contributed by atoms with van der Waals surface area (Å²) in [5.41, 5.74) is 2.26. The third-order valence-corrected chi connectivity index (χ3v) is 5.41. The molecule has 31 heavy (non-hydrogen) atoms. The molecular weight excluding hydrogens is 420 g/mol. The van der Waals surface area contributed by atoms with E-state index in [1.54, 1.807) is 28.9 Å². The van der Waals surface area contributed by atoms with Gasteiger partial charge in [-0.2, -0.15) is 5.10 Å². The smallest absolute Gasteiger partial charge is 0.352 e. The lowest BCUT2D eigenvalue weighted by Crippen LogP contribution is -2.26. The van der Waals surface area contributed by atoms with Crippen LogP contribution in [0.5, 0.6) is 5.75 Å². The fourth-order valence-electron chi connectivity index (χ4n) is 3.39. The Labute approximate surface area is 183 Å². The highest BCUT2D eigenvalue weighted by Crippen LogP contribution is 2.36. The average molecular weight is 439 g/mol. The molecule has 1 amide bonds. The molecule has 2 heterocycles. The van der Waals surface area contributed by atoms with Crippen LogP contribution in [0.1, 0.15) is 27.5 Å². The molecule has 0 saturated carbocycles. The number of aromatic nitrogens is 2. The van der Waals surface area contributed by atoms with Crippen molar-refractivity contribution >= 4 is 35.0 Å². The number of amides is 1. The van der Waals surface area contributed by atoms with Crippen molar-refractivity contribution in [3.63, 3.8) is 0 Å². The summed E-state index contributed by atoms with van der Waals surface area (Å²) in [6.45, 7) is 1.86. The van der Waals surface area contributed by atoms with Gasteiger partial charge in [0.15, 0.2) is 0 Å². The Morgan fingerprint density at radius 1 is 1.26 bits per heavy atom. The molecule has 3 N–H and O–H groups in total. The number of carboxylic acid groups (broad SMARTS) is 1. The van der Waals surface area contributed by atoms with Gasteiger partial charge in [-0.25, -0.2) is 9.48 Å². The first-order chi connectivity index (χ1) is 14.9. The quantitative estimate of drug-likeness (QED) is 0.554.